The second kappa shape index (κ2) is 9.05. The third-order valence-electron chi connectivity index (χ3n) is 6.69. The van der Waals surface area contributed by atoms with Gasteiger partial charge in [-0.2, -0.15) is 0 Å². The summed E-state index contributed by atoms with van der Waals surface area (Å²) in [6.07, 6.45) is 0. The van der Waals surface area contributed by atoms with Crippen molar-refractivity contribution in [3.8, 4) is 45.3 Å². The predicted molar refractivity (Wildman–Crippen MR) is 151 cm³/mol. The Morgan fingerprint density at radius 2 is 0.974 bits per heavy atom. The molecule has 0 aliphatic heterocycles. The van der Waals surface area contributed by atoms with Crippen LogP contribution in [0.2, 0.25) is 0 Å². The molecule has 0 saturated carbocycles. The number of H-pyrrole nitrogens is 1. The van der Waals surface area contributed by atoms with Crippen molar-refractivity contribution in [2.24, 2.45) is 0 Å². The second-order valence-electron chi connectivity index (χ2n) is 9.20. The largest absolute Gasteiger partial charge is 0.354 e. The van der Waals surface area contributed by atoms with Crippen LogP contribution in [-0.2, 0) is 0 Å². The van der Waals surface area contributed by atoms with Crippen molar-refractivity contribution >= 4 is 21.8 Å². The fraction of sp³-hybridized carbons (Fsp3) is 0. The Kier molecular flexibility index (Phi) is 5.26. The quantitative estimate of drug-likeness (QED) is 0.269. The van der Waals surface area contributed by atoms with E-state index in [9.17, 15) is 0 Å². The standard InChI is InChI=1S/C33H21FN4/c34-26-18-24(23-15-16-28-27-13-7-8-14-29(27)35-30(28)20-23)17-25(19-26)33-37-31(21-9-3-1-4-10-21)36-32(38-33)22-11-5-2-6-12-22/h1-20,35H. The van der Waals surface area contributed by atoms with E-state index in [4.69, 9.17) is 15.0 Å². The summed E-state index contributed by atoms with van der Waals surface area (Å²) in [6.45, 7) is 0. The van der Waals surface area contributed by atoms with Crippen LogP contribution >= 0.6 is 0 Å². The molecule has 0 amide bonds. The highest BCUT2D eigenvalue weighted by atomic mass is 19.1. The van der Waals surface area contributed by atoms with Gasteiger partial charge < -0.3 is 4.98 Å². The van der Waals surface area contributed by atoms with Crippen molar-refractivity contribution in [2.75, 3.05) is 0 Å². The highest BCUT2D eigenvalue weighted by Crippen LogP contribution is 2.32. The lowest BCUT2D eigenvalue weighted by Crippen LogP contribution is -2.00. The maximum atomic E-state index is 15.0. The molecule has 0 unspecified atom stereocenters. The van der Waals surface area contributed by atoms with Crippen LogP contribution in [0, 0.1) is 5.82 Å². The monoisotopic (exact) mass is 492 g/mol. The van der Waals surface area contributed by atoms with Crippen LogP contribution in [-0.4, -0.2) is 19.9 Å². The Labute approximate surface area is 218 Å². The number of hydrogen-bond donors (Lipinski definition) is 1. The topological polar surface area (TPSA) is 54.5 Å². The summed E-state index contributed by atoms with van der Waals surface area (Å²) in [5.41, 5.74) is 6.07. The normalized spacial score (nSPS) is 11.3. The van der Waals surface area contributed by atoms with Gasteiger partial charge in [0.2, 0.25) is 0 Å². The van der Waals surface area contributed by atoms with Gasteiger partial charge in [0.05, 0.1) is 0 Å². The molecule has 5 heteroatoms. The third-order valence-corrected chi connectivity index (χ3v) is 6.69. The lowest BCUT2D eigenvalue weighted by Gasteiger charge is -2.10. The molecule has 0 radical (unpaired) electrons. The van der Waals surface area contributed by atoms with Crippen LogP contribution in [0.5, 0.6) is 0 Å². The highest BCUT2D eigenvalue weighted by Gasteiger charge is 2.14. The molecule has 0 fully saturated rings. The number of nitrogens with zero attached hydrogens (tertiary/aromatic N) is 3. The fourth-order valence-corrected chi connectivity index (χ4v) is 4.86. The van der Waals surface area contributed by atoms with E-state index in [2.05, 4.69) is 29.2 Å². The molecule has 2 heterocycles. The lowest BCUT2D eigenvalue weighted by atomic mass is 10.0. The number of nitrogens with one attached hydrogen (secondary N) is 1. The summed E-state index contributed by atoms with van der Waals surface area (Å²) in [4.78, 5) is 17.7. The van der Waals surface area contributed by atoms with Gasteiger partial charge in [-0.1, -0.05) is 91.0 Å². The Hall–Kier alpha value is -5.16. The van der Waals surface area contributed by atoms with E-state index in [1.807, 2.05) is 84.9 Å². The van der Waals surface area contributed by atoms with Crippen LogP contribution in [0.4, 0.5) is 4.39 Å². The zero-order chi connectivity index (χ0) is 25.5. The molecular formula is C33H21FN4. The van der Waals surface area contributed by atoms with E-state index in [-0.39, 0.29) is 5.82 Å². The molecule has 38 heavy (non-hydrogen) atoms. The number of benzene rings is 5. The van der Waals surface area contributed by atoms with Gasteiger partial charge in [0.1, 0.15) is 5.82 Å². The molecule has 7 aromatic rings. The van der Waals surface area contributed by atoms with Gasteiger partial charge in [0, 0.05) is 38.5 Å². The summed E-state index contributed by atoms with van der Waals surface area (Å²) >= 11 is 0. The number of hydrogen-bond acceptors (Lipinski definition) is 3. The molecule has 0 atom stereocenters. The molecule has 0 saturated heterocycles. The van der Waals surface area contributed by atoms with Crippen LogP contribution < -0.4 is 0 Å². The number of aromatic nitrogens is 4. The van der Waals surface area contributed by atoms with Crippen molar-refractivity contribution in [1.29, 1.82) is 0 Å². The summed E-state index contributed by atoms with van der Waals surface area (Å²) in [5.74, 6) is 1.15. The SMILES string of the molecule is Fc1cc(-c2ccc3c(c2)[nH]c2ccccc23)cc(-c2nc(-c3ccccc3)nc(-c3ccccc3)n2)c1. The highest BCUT2D eigenvalue weighted by molar-refractivity contribution is 6.08. The molecule has 0 spiro atoms. The van der Waals surface area contributed by atoms with E-state index in [0.717, 1.165) is 38.7 Å². The minimum absolute atomic E-state index is 0.350. The molecule has 1 N–H and O–H groups in total. The van der Waals surface area contributed by atoms with E-state index < -0.39 is 0 Å². The van der Waals surface area contributed by atoms with E-state index in [1.165, 1.54) is 11.5 Å². The maximum absolute atomic E-state index is 15.0. The molecule has 5 aromatic carbocycles. The second-order valence-corrected chi connectivity index (χ2v) is 9.20. The van der Waals surface area contributed by atoms with Crippen molar-refractivity contribution in [1.82, 2.24) is 19.9 Å². The maximum Gasteiger partial charge on any atom is 0.164 e. The van der Waals surface area contributed by atoms with Crippen molar-refractivity contribution in [2.45, 2.75) is 0 Å². The van der Waals surface area contributed by atoms with E-state index in [1.54, 1.807) is 6.07 Å². The molecule has 2 aromatic heterocycles. The van der Waals surface area contributed by atoms with Gasteiger partial charge in [-0.3, -0.25) is 0 Å². The Morgan fingerprint density at radius 3 is 1.66 bits per heavy atom. The number of fused-ring (bicyclic) bond motifs is 3. The van der Waals surface area contributed by atoms with Crippen LogP contribution in [0.15, 0.2) is 121 Å². The molecule has 0 aliphatic carbocycles. The molecule has 4 nitrogen and oxygen atoms in total. The van der Waals surface area contributed by atoms with Gasteiger partial charge in [0.25, 0.3) is 0 Å². The molecule has 180 valence electrons. The first-order valence-electron chi connectivity index (χ1n) is 12.4. The van der Waals surface area contributed by atoms with E-state index >= 15 is 4.39 Å². The first-order valence-corrected chi connectivity index (χ1v) is 12.4. The van der Waals surface area contributed by atoms with Crippen LogP contribution in [0.1, 0.15) is 0 Å². The molecule has 0 aliphatic rings. The van der Waals surface area contributed by atoms with Crippen LogP contribution in [0.3, 0.4) is 0 Å². The summed E-state index contributed by atoms with van der Waals surface area (Å²) in [7, 11) is 0. The summed E-state index contributed by atoms with van der Waals surface area (Å²) in [5, 5.41) is 2.31. The average molecular weight is 493 g/mol. The minimum Gasteiger partial charge on any atom is -0.354 e. The average Bonchev–Trinajstić information content (AvgIpc) is 3.35. The molecular weight excluding hydrogens is 471 g/mol. The number of halogens is 1. The Balaban J connectivity index is 1.38. The van der Waals surface area contributed by atoms with Gasteiger partial charge >= 0.3 is 0 Å². The smallest absolute Gasteiger partial charge is 0.164 e. The summed E-state index contributed by atoms with van der Waals surface area (Å²) in [6, 6.07) is 38.9. The number of para-hydroxylation sites is 1. The lowest BCUT2D eigenvalue weighted by molar-refractivity contribution is 0.628. The first-order chi connectivity index (χ1) is 18.7. The van der Waals surface area contributed by atoms with Crippen molar-refractivity contribution in [3.63, 3.8) is 0 Å². The summed E-state index contributed by atoms with van der Waals surface area (Å²) < 4.78 is 15.0. The zero-order valence-electron chi connectivity index (χ0n) is 20.3. The van der Waals surface area contributed by atoms with Gasteiger partial charge in [0.15, 0.2) is 17.5 Å². The zero-order valence-corrected chi connectivity index (χ0v) is 20.3. The van der Waals surface area contributed by atoms with E-state index in [0.29, 0.717) is 23.0 Å². The molecule has 7 rings (SSSR count). The number of rotatable bonds is 4. The van der Waals surface area contributed by atoms with Gasteiger partial charge in [-0.25, -0.2) is 19.3 Å². The Morgan fingerprint density at radius 1 is 0.421 bits per heavy atom. The van der Waals surface area contributed by atoms with Crippen molar-refractivity contribution < 1.29 is 4.39 Å². The predicted octanol–water partition coefficient (Wildman–Crippen LogP) is 8.31. The fourth-order valence-electron chi connectivity index (χ4n) is 4.86. The molecule has 0 bridgehead atoms. The Bertz CT molecular complexity index is 1870. The van der Waals surface area contributed by atoms with Gasteiger partial charge in [-0.05, 0) is 41.5 Å². The van der Waals surface area contributed by atoms with Crippen molar-refractivity contribution in [3.05, 3.63) is 127 Å². The minimum atomic E-state index is -0.350. The van der Waals surface area contributed by atoms with Gasteiger partial charge in [-0.15, -0.1) is 0 Å². The number of aromatic amines is 1. The third kappa shape index (κ3) is 4.00. The van der Waals surface area contributed by atoms with Crippen LogP contribution in [0.25, 0.3) is 67.1 Å². The first kappa shape index (κ1) is 22.1.